The lowest BCUT2D eigenvalue weighted by atomic mass is 9.45. The maximum absolute atomic E-state index is 13.3. The lowest BCUT2D eigenvalue weighted by molar-refractivity contribution is -0.161. The average molecular weight is 505 g/mol. The van der Waals surface area contributed by atoms with Crippen LogP contribution >= 0.6 is 0 Å². The van der Waals surface area contributed by atoms with E-state index in [-0.39, 0.29) is 47.8 Å². The number of hydrogen-bond acceptors (Lipinski definition) is 7. The Hall–Kier alpha value is -1.28. The molecule has 7 nitrogen and oxygen atoms in total. The number of Topliss-reactive ketones (excluding diaryl/α,β-unsaturated/α-hetero) is 1. The van der Waals surface area contributed by atoms with Gasteiger partial charge in [0.2, 0.25) is 0 Å². The highest BCUT2D eigenvalue weighted by atomic mass is 16.6. The van der Waals surface area contributed by atoms with Crippen LogP contribution in [0.25, 0.3) is 0 Å². The molecule has 4 fully saturated rings. The van der Waals surface area contributed by atoms with Crippen molar-refractivity contribution in [3.63, 3.8) is 0 Å². The first kappa shape index (κ1) is 26.3. The zero-order valence-corrected chi connectivity index (χ0v) is 22.6. The molecule has 36 heavy (non-hydrogen) atoms. The van der Waals surface area contributed by atoms with Crippen molar-refractivity contribution in [2.24, 2.45) is 40.4 Å². The molecule has 5 unspecified atom stereocenters. The summed E-state index contributed by atoms with van der Waals surface area (Å²) >= 11 is 0. The zero-order chi connectivity index (χ0) is 26.4. The summed E-state index contributed by atoms with van der Waals surface area (Å²) in [5, 5.41) is 30.8. The minimum atomic E-state index is -1.08. The predicted molar refractivity (Wildman–Crippen MR) is 133 cm³/mol. The fourth-order valence-corrected chi connectivity index (χ4v) is 9.72. The third-order valence-electron chi connectivity index (χ3n) is 11.8. The molecule has 0 aromatic rings. The number of esters is 1. The summed E-state index contributed by atoms with van der Waals surface area (Å²) in [5.41, 5.74) is -0.413. The number of hydrogen-bond donors (Lipinski definition) is 3. The fraction of sp³-hybridized carbons (Fsp3) is 0.862. The fourth-order valence-electron chi connectivity index (χ4n) is 9.72. The molecule has 5 aliphatic rings. The van der Waals surface area contributed by atoms with Gasteiger partial charge in [-0.15, -0.1) is 0 Å². The van der Waals surface area contributed by atoms with Crippen LogP contribution in [0, 0.1) is 40.4 Å². The summed E-state index contributed by atoms with van der Waals surface area (Å²) in [6.07, 6.45) is 3.08. The van der Waals surface area contributed by atoms with Crippen molar-refractivity contribution in [1.29, 1.82) is 0 Å². The van der Waals surface area contributed by atoms with Crippen LogP contribution in [-0.4, -0.2) is 63.7 Å². The Bertz CT molecular complexity index is 973. The number of epoxide rings is 1. The monoisotopic (exact) mass is 504 g/mol. The molecule has 3 saturated carbocycles. The first-order chi connectivity index (χ1) is 16.8. The first-order valence-corrected chi connectivity index (χ1v) is 13.9. The summed E-state index contributed by atoms with van der Waals surface area (Å²) in [7, 11) is 0. The highest BCUT2D eigenvalue weighted by Gasteiger charge is 2.79. The molecule has 3 N–H and O–H groups in total. The van der Waals surface area contributed by atoms with Gasteiger partial charge in [-0.3, -0.25) is 4.79 Å². The number of rotatable bonds is 6. The highest BCUT2D eigenvalue weighted by Crippen LogP contribution is 2.72. The quantitative estimate of drug-likeness (QED) is 0.376. The van der Waals surface area contributed by atoms with Crippen molar-refractivity contribution in [2.45, 2.75) is 110 Å². The van der Waals surface area contributed by atoms with Crippen molar-refractivity contribution >= 4 is 11.8 Å². The number of ether oxygens (including phenoxy) is 2. The van der Waals surface area contributed by atoms with Crippen LogP contribution < -0.4 is 0 Å². The molecule has 202 valence electrons. The van der Waals surface area contributed by atoms with Gasteiger partial charge in [-0.25, -0.2) is 4.79 Å². The lowest BCUT2D eigenvalue weighted by Gasteiger charge is -2.58. The minimum Gasteiger partial charge on any atom is -0.458 e. The Morgan fingerprint density at radius 3 is 2.42 bits per heavy atom. The number of carbonyl (C=O) groups is 2. The smallest absolute Gasteiger partial charge is 0.336 e. The predicted octanol–water partition coefficient (Wildman–Crippen LogP) is 3.18. The van der Waals surface area contributed by atoms with Gasteiger partial charge < -0.3 is 24.8 Å². The van der Waals surface area contributed by atoms with Gasteiger partial charge in [0.1, 0.15) is 23.6 Å². The molecule has 0 aromatic carbocycles. The van der Waals surface area contributed by atoms with Gasteiger partial charge in [-0.2, -0.15) is 0 Å². The van der Waals surface area contributed by atoms with E-state index in [0.717, 1.165) is 37.7 Å². The van der Waals surface area contributed by atoms with Gasteiger partial charge in [-0.1, -0.05) is 19.4 Å². The van der Waals surface area contributed by atoms with E-state index in [9.17, 15) is 24.9 Å². The SMILES string of the molecule is CC(=O)[C@]1(C)C2CC[C@@]3(C)C(CCC3[C@H](C)C3CC(C)=C(CO)C(=O)O3)C2C[C@H]2O[C@]21[C@@H](O)[C@H](C)O. The summed E-state index contributed by atoms with van der Waals surface area (Å²) in [5.74, 6) is 1.14. The zero-order valence-electron chi connectivity index (χ0n) is 22.6. The topological polar surface area (TPSA) is 117 Å². The van der Waals surface area contributed by atoms with Gasteiger partial charge in [0, 0.05) is 6.42 Å². The summed E-state index contributed by atoms with van der Waals surface area (Å²) in [6, 6.07) is 0. The number of carbonyl (C=O) groups excluding carboxylic acids is 2. The molecule has 0 aromatic heterocycles. The second kappa shape index (κ2) is 8.62. The average Bonchev–Trinajstić information content (AvgIpc) is 3.45. The Morgan fingerprint density at radius 2 is 1.83 bits per heavy atom. The Morgan fingerprint density at radius 1 is 1.14 bits per heavy atom. The van der Waals surface area contributed by atoms with Crippen LogP contribution in [0.3, 0.4) is 0 Å². The number of cyclic esters (lactones) is 1. The van der Waals surface area contributed by atoms with E-state index in [1.807, 2.05) is 13.8 Å². The molecule has 0 radical (unpaired) electrons. The number of fused-ring (bicyclic) bond motifs is 4. The van der Waals surface area contributed by atoms with E-state index in [0.29, 0.717) is 29.7 Å². The van der Waals surface area contributed by atoms with Gasteiger partial charge in [0.05, 0.1) is 29.8 Å². The normalized spacial score (nSPS) is 48.3. The van der Waals surface area contributed by atoms with Crippen LogP contribution in [-0.2, 0) is 19.1 Å². The van der Waals surface area contributed by atoms with E-state index in [1.165, 1.54) is 0 Å². The maximum Gasteiger partial charge on any atom is 0.336 e. The van der Waals surface area contributed by atoms with Crippen molar-refractivity contribution in [3.05, 3.63) is 11.1 Å². The molecule has 2 aliphatic heterocycles. The standard InChI is InChI=1S/C29H44O7/c1-14-11-23(35-26(34)19(14)13-30)15(2)20-7-8-21-18-12-24-29(36-24,25(33)16(3)31)28(6,17(4)32)22(18)9-10-27(20,21)5/h15-16,18,20-25,30-31,33H,7-13H2,1-6H3/t15-,16-,18?,20?,21?,22?,23?,24+,25-,27+,28+,29-/m0/s1. The third-order valence-corrected chi connectivity index (χ3v) is 11.8. The van der Waals surface area contributed by atoms with Crippen molar-refractivity contribution < 1.29 is 34.4 Å². The van der Waals surface area contributed by atoms with Crippen molar-refractivity contribution in [2.75, 3.05) is 6.61 Å². The van der Waals surface area contributed by atoms with Gasteiger partial charge in [-0.05, 0) is 94.8 Å². The van der Waals surface area contributed by atoms with Crippen LogP contribution in [0.4, 0.5) is 0 Å². The summed E-state index contributed by atoms with van der Waals surface area (Å²) in [4.78, 5) is 25.8. The largest absolute Gasteiger partial charge is 0.458 e. The molecular weight excluding hydrogens is 460 g/mol. The molecule has 2 heterocycles. The second-order valence-electron chi connectivity index (χ2n) is 13.1. The molecule has 12 atom stereocenters. The van der Waals surface area contributed by atoms with Crippen molar-refractivity contribution in [1.82, 2.24) is 0 Å². The molecule has 1 saturated heterocycles. The van der Waals surface area contributed by atoms with Crippen LogP contribution in [0.2, 0.25) is 0 Å². The van der Waals surface area contributed by atoms with Crippen molar-refractivity contribution in [3.8, 4) is 0 Å². The number of ketones is 1. The Kier molecular flexibility index (Phi) is 6.30. The van der Waals surface area contributed by atoms with Gasteiger partial charge in [0.25, 0.3) is 0 Å². The lowest BCUT2D eigenvalue weighted by Crippen LogP contribution is -2.63. The molecule has 0 spiro atoms. The highest BCUT2D eigenvalue weighted by molar-refractivity contribution is 5.90. The molecular formula is C29H44O7. The van der Waals surface area contributed by atoms with Crippen LogP contribution in [0.1, 0.15) is 80.1 Å². The van der Waals surface area contributed by atoms with E-state index in [2.05, 4.69) is 13.8 Å². The number of aliphatic hydroxyl groups is 3. The molecule has 7 heteroatoms. The van der Waals surface area contributed by atoms with Gasteiger partial charge >= 0.3 is 5.97 Å². The first-order valence-electron chi connectivity index (χ1n) is 13.9. The Balaban J connectivity index is 1.41. The maximum atomic E-state index is 13.3. The van der Waals surface area contributed by atoms with E-state index >= 15 is 0 Å². The summed E-state index contributed by atoms with van der Waals surface area (Å²) in [6.45, 7) is 11.4. The Labute approximate surface area is 214 Å². The molecule has 5 rings (SSSR count). The van der Waals surface area contributed by atoms with E-state index in [4.69, 9.17) is 9.47 Å². The van der Waals surface area contributed by atoms with Gasteiger partial charge in [0.15, 0.2) is 0 Å². The van der Waals surface area contributed by atoms with E-state index in [1.54, 1.807) is 13.8 Å². The summed E-state index contributed by atoms with van der Waals surface area (Å²) < 4.78 is 12.1. The molecule has 0 bridgehead atoms. The van der Waals surface area contributed by atoms with Crippen LogP contribution in [0.5, 0.6) is 0 Å². The number of aliphatic hydroxyl groups excluding tert-OH is 3. The van der Waals surface area contributed by atoms with E-state index < -0.39 is 23.2 Å². The second-order valence-corrected chi connectivity index (χ2v) is 13.1. The third kappa shape index (κ3) is 3.31. The minimum absolute atomic E-state index is 0.0435. The molecule has 3 aliphatic carbocycles. The van der Waals surface area contributed by atoms with Crippen LogP contribution in [0.15, 0.2) is 11.1 Å². The molecule has 0 amide bonds.